The quantitative estimate of drug-likeness (QED) is 0.761. The average molecular weight is 205 g/mol. The molecule has 1 heterocycles. The maximum absolute atomic E-state index is 8.57. The zero-order valence-electron chi connectivity index (χ0n) is 8.85. The van der Waals surface area contributed by atoms with Gasteiger partial charge in [-0.25, -0.2) is 4.98 Å². The smallest absolute Gasteiger partial charge is 0.252 e. The van der Waals surface area contributed by atoms with Crippen LogP contribution in [0.4, 0.5) is 0 Å². The summed E-state index contributed by atoms with van der Waals surface area (Å²) in [6.45, 7) is 3.99. The second kappa shape index (κ2) is 4.41. The van der Waals surface area contributed by atoms with Crippen molar-refractivity contribution in [2.45, 2.75) is 32.4 Å². The Hall–Kier alpha value is -1.41. The van der Waals surface area contributed by atoms with E-state index in [1.165, 1.54) is 12.8 Å². The highest BCUT2D eigenvalue weighted by Gasteiger charge is 2.20. The van der Waals surface area contributed by atoms with E-state index in [9.17, 15) is 0 Å². The van der Waals surface area contributed by atoms with E-state index in [4.69, 9.17) is 5.26 Å². The zero-order chi connectivity index (χ0) is 10.7. The lowest BCUT2D eigenvalue weighted by atomic mass is 10.2. The van der Waals surface area contributed by atoms with Crippen LogP contribution < -0.4 is 5.32 Å². The number of nitrogens with zero attached hydrogens (tertiary/aromatic N) is 4. The third kappa shape index (κ3) is 3.03. The fraction of sp³-hybridized carbons (Fsp3) is 0.700. The molecule has 0 bridgehead atoms. The first-order valence-corrected chi connectivity index (χ1v) is 5.31. The first kappa shape index (κ1) is 10.1. The van der Waals surface area contributed by atoms with Gasteiger partial charge in [0.25, 0.3) is 5.82 Å². The molecule has 15 heavy (non-hydrogen) atoms. The van der Waals surface area contributed by atoms with Crippen LogP contribution in [-0.2, 0) is 6.54 Å². The summed E-state index contributed by atoms with van der Waals surface area (Å²) in [6.07, 6.45) is 4.25. The molecule has 1 aliphatic carbocycles. The van der Waals surface area contributed by atoms with E-state index in [1.54, 1.807) is 11.0 Å². The van der Waals surface area contributed by atoms with Crippen molar-refractivity contribution in [3.05, 3.63) is 12.2 Å². The van der Waals surface area contributed by atoms with Gasteiger partial charge in [0.15, 0.2) is 0 Å². The lowest BCUT2D eigenvalue weighted by Gasteiger charge is -2.11. The molecule has 0 radical (unpaired) electrons. The van der Waals surface area contributed by atoms with E-state index in [2.05, 4.69) is 22.3 Å². The molecule has 1 aliphatic rings. The summed E-state index contributed by atoms with van der Waals surface area (Å²) in [4.78, 5) is 3.87. The van der Waals surface area contributed by atoms with Gasteiger partial charge in [0, 0.05) is 12.6 Å². The SMILES string of the molecule is CC(CNC1CC1)Cn1cnc(C#N)n1. The van der Waals surface area contributed by atoms with Gasteiger partial charge < -0.3 is 5.32 Å². The van der Waals surface area contributed by atoms with E-state index in [1.807, 2.05) is 6.07 Å². The predicted molar refractivity (Wildman–Crippen MR) is 54.9 cm³/mol. The van der Waals surface area contributed by atoms with Crippen molar-refractivity contribution >= 4 is 0 Å². The lowest BCUT2D eigenvalue weighted by molar-refractivity contribution is 0.420. The van der Waals surface area contributed by atoms with Gasteiger partial charge in [-0.15, -0.1) is 5.10 Å². The van der Waals surface area contributed by atoms with Crippen LogP contribution >= 0.6 is 0 Å². The summed E-state index contributed by atoms with van der Waals surface area (Å²) < 4.78 is 1.73. The Morgan fingerprint density at radius 2 is 2.53 bits per heavy atom. The second-order valence-corrected chi connectivity index (χ2v) is 4.19. The van der Waals surface area contributed by atoms with Gasteiger partial charge in [0.2, 0.25) is 0 Å². The zero-order valence-corrected chi connectivity index (χ0v) is 8.85. The van der Waals surface area contributed by atoms with Gasteiger partial charge >= 0.3 is 0 Å². The first-order valence-electron chi connectivity index (χ1n) is 5.31. The number of rotatable bonds is 5. The third-order valence-corrected chi connectivity index (χ3v) is 2.47. The van der Waals surface area contributed by atoms with Crippen LogP contribution in [0.1, 0.15) is 25.6 Å². The van der Waals surface area contributed by atoms with Crippen LogP contribution in [0, 0.1) is 17.2 Å². The summed E-state index contributed by atoms with van der Waals surface area (Å²) in [6, 6.07) is 2.67. The highest BCUT2D eigenvalue weighted by molar-refractivity contribution is 5.05. The molecule has 1 atom stereocenters. The van der Waals surface area contributed by atoms with Crippen molar-refractivity contribution in [2.24, 2.45) is 5.92 Å². The molecule has 0 aliphatic heterocycles. The Kier molecular flexibility index (Phi) is 2.97. The molecule has 1 fully saturated rings. The van der Waals surface area contributed by atoms with Crippen LogP contribution in [0.2, 0.25) is 0 Å². The Morgan fingerprint density at radius 1 is 1.73 bits per heavy atom. The fourth-order valence-electron chi connectivity index (χ4n) is 1.47. The second-order valence-electron chi connectivity index (χ2n) is 4.19. The van der Waals surface area contributed by atoms with E-state index in [0.717, 1.165) is 19.1 Å². The van der Waals surface area contributed by atoms with Crippen molar-refractivity contribution in [3.8, 4) is 6.07 Å². The minimum absolute atomic E-state index is 0.248. The molecule has 1 aromatic rings. The number of nitrogens with one attached hydrogen (secondary N) is 1. The molecule has 0 saturated heterocycles. The number of nitriles is 1. The van der Waals surface area contributed by atoms with E-state index in [-0.39, 0.29) is 5.82 Å². The van der Waals surface area contributed by atoms with Gasteiger partial charge in [0.05, 0.1) is 0 Å². The largest absolute Gasteiger partial charge is 0.314 e. The molecule has 1 N–H and O–H groups in total. The van der Waals surface area contributed by atoms with Crippen LogP contribution in [0.15, 0.2) is 6.33 Å². The molecular formula is C10H15N5. The van der Waals surface area contributed by atoms with E-state index < -0.39 is 0 Å². The molecule has 5 heteroatoms. The molecular weight excluding hydrogens is 190 g/mol. The van der Waals surface area contributed by atoms with Crippen LogP contribution in [0.5, 0.6) is 0 Å². The molecule has 5 nitrogen and oxygen atoms in total. The highest BCUT2D eigenvalue weighted by Crippen LogP contribution is 2.18. The van der Waals surface area contributed by atoms with Crippen molar-refractivity contribution in [1.29, 1.82) is 5.26 Å². The Morgan fingerprint density at radius 3 is 3.13 bits per heavy atom. The molecule has 1 aromatic heterocycles. The average Bonchev–Trinajstić information content (AvgIpc) is 2.96. The fourth-order valence-corrected chi connectivity index (χ4v) is 1.47. The van der Waals surface area contributed by atoms with Gasteiger partial charge in [-0.3, -0.25) is 4.68 Å². The summed E-state index contributed by atoms with van der Waals surface area (Å²) in [5.74, 6) is 0.760. The number of hydrogen-bond acceptors (Lipinski definition) is 4. The Balaban J connectivity index is 1.76. The Bertz CT molecular complexity index is 360. The van der Waals surface area contributed by atoms with Crippen molar-refractivity contribution in [2.75, 3.05) is 6.54 Å². The van der Waals surface area contributed by atoms with Crippen LogP contribution in [0.3, 0.4) is 0 Å². The number of aromatic nitrogens is 3. The molecule has 80 valence electrons. The van der Waals surface area contributed by atoms with Gasteiger partial charge in [-0.2, -0.15) is 5.26 Å². The summed E-state index contributed by atoms with van der Waals surface area (Å²) in [5, 5.41) is 16.1. The van der Waals surface area contributed by atoms with E-state index >= 15 is 0 Å². The molecule has 1 unspecified atom stereocenters. The van der Waals surface area contributed by atoms with Crippen molar-refractivity contribution < 1.29 is 0 Å². The Labute approximate surface area is 89.1 Å². The van der Waals surface area contributed by atoms with Gasteiger partial charge in [0.1, 0.15) is 12.4 Å². The van der Waals surface area contributed by atoms with Gasteiger partial charge in [-0.1, -0.05) is 6.92 Å². The molecule has 0 spiro atoms. The lowest BCUT2D eigenvalue weighted by Crippen LogP contribution is -2.25. The molecule has 0 aromatic carbocycles. The van der Waals surface area contributed by atoms with Crippen LogP contribution in [-0.4, -0.2) is 27.4 Å². The minimum atomic E-state index is 0.248. The first-order chi connectivity index (χ1) is 7.28. The van der Waals surface area contributed by atoms with Crippen LogP contribution in [0.25, 0.3) is 0 Å². The number of hydrogen-bond donors (Lipinski definition) is 1. The predicted octanol–water partition coefficient (Wildman–Crippen LogP) is 0.538. The standard InChI is InChI=1S/C10H15N5/c1-8(5-12-9-2-3-9)6-15-7-13-10(4-11)14-15/h7-9,12H,2-3,5-6H2,1H3. The van der Waals surface area contributed by atoms with E-state index in [0.29, 0.717) is 5.92 Å². The molecule has 1 saturated carbocycles. The monoisotopic (exact) mass is 205 g/mol. The highest BCUT2D eigenvalue weighted by atomic mass is 15.3. The maximum atomic E-state index is 8.57. The summed E-state index contributed by atoms with van der Waals surface area (Å²) in [5.41, 5.74) is 0. The van der Waals surface area contributed by atoms with Crippen molar-refractivity contribution in [3.63, 3.8) is 0 Å². The normalized spacial score (nSPS) is 17.3. The third-order valence-electron chi connectivity index (χ3n) is 2.47. The summed E-state index contributed by atoms with van der Waals surface area (Å²) >= 11 is 0. The van der Waals surface area contributed by atoms with Gasteiger partial charge in [-0.05, 0) is 25.3 Å². The summed E-state index contributed by atoms with van der Waals surface area (Å²) in [7, 11) is 0. The molecule has 2 rings (SSSR count). The minimum Gasteiger partial charge on any atom is -0.314 e. The van der Waals surface area contributed by atoms with Crippen molar-refractivity contribution in [1.82, 2.24) is 20.1 Å². The maximum Gasteiger partial charge on any atom is 0.252 e. The topological polar surface area (TPSA) is 66.5 Å². The molecule has 0 amide bonds.